The number of nitrogens with one attached hydrogen (secondary N) is 2. The van der Waals surface area contributed by atoms with Gasteiger partial charge in [0.2, 0.25) is 0 Å². The number of carbonyl (C=O) groups is 1. The smallest absolute Gasteiger partial charge is 0.268 e. The first-order valence-electron chi connectivity index (χ1n) is 8.26. The van der Waals surface area contributed by atoms with Crippen molar-refractivity contribution >= 4 is 16.8 Å². The molecule has 1 aliphatic rings. The topological polar surface area (TPSA) is 68.7 Å². The number of benzene rings is 1. The Hall–Kier alpha value is -2.28. The highest BCUT2D eigenvalue weighted by molar-refractivity contribution is 5.99. The van der Waals surface area contributed by atoms with E-state index in [-0.39, 0.29) is 5.91 Å². The van der Waals surface area contributed by atoms with Crippen LogP contribution in [0.4, 0.5) is 0 Å². The molecular formula is C19H23N3O. The molecule has 0 radical (unpaired) electrons. The number of hydrogen-bond acceptors (Lipinski definition) is 2. The number of rotatable bonds is 2. The molecular weight excluding hydrogens is 286 g/mol. The van der Waals surface area contributed by atoms with E-state index < -0.39 is 5.54 Å². The molecule has 2 atom stereocenters. The molecule has 1 aromatic heterocycles. The van der Waals surface area contributed by atoms with Crippen molar-refractivity contribution in [1.82, 2.24) is 10.3 Å². The van der Waals surface area contributed by atoms with Gasteiger partial charge in [0, 0.05) is 10.9 Å². The van der Waals surface area contributed by atoms with Crippen LogP contribution in [0.5, 0.6) is 0 Å². The van der Waals surface area contributed by atoms with Gasteiger partial charge < -0.3 is 10.3 Å². The fourth-order valence-electron chi connectivity index (χ4n) is 3.80. The second-order valence-electron chi connectivity index (χ2n) is 7.08. The first kappa shape index (κ1) is 15.6. The normalized spacial score (nSPS) is 24.3. The maximum absolute atomic E-state index is 12.7. The Bertz CT molecular complexity index is 799. The number of fused-ring (bicyclic) bond motifs is 1. The Balaban J connectivity index is 1.88. The van der Waals surface area contributed by atoms with Crippen LogP contribution in [0.3, 0.4) is 0 Å². The summed E-state index contributed by atoms with van der Waals surface area (Å²) in [6.07, 6.45) is 3.58. The summed E-state index contributed by atoms with van der Waals surface area (Å²) in [5.74, 6) is 0.283. The van der Waals surface area contributed by atoms with Crippen LogP contribution in [0.2, 0.25) is 0 Å². The van der Waals surface area contributed by atoms with Crippen molar-refractivity contribution < 1.29 is 4.79 Å². The lowest BCUT2D eigenvalue weighted by atomic mass is 9.77. The van der Waals surface area contributed by atoms with Crippen LogP contribution in [0.25, 0.3) is 10.9 Å². The van der Waals surface area contributed by atoms with E-state index in [0.717, 1.165) is 42.1 Å². The summed E-state index contributed by atoms with van der Waals surface area (Å²) in [5.41, 5.74) is 3.09. The van der Waals surface area contributed by atoms with Crippen LogP contribution in [0.15, 0.2) is 18.2 Å². The summed E-state index contributed by atoms with van der Waals surface area (Å²) >= 11 is 0. The summed E-state index contributed by atoms with van der Waals surface area (Å²) in [4.78, 5) is 15.9. The van der Waals surface area contributed by atoms with E-state index in [2.05, 4.69) is 29.4 Å². The summed E-state index contributed by atoms with van der Waals surface area (Å²) < 4.78 is 0. The van der Waals surface area contributed by atoms with Crippen molar-refractivity contribution in [3.05, 3.63) is 35.0 Å². The Kier molecular flexibility index (Phi) is 3.89. The van der Waals surface area contributed by atoms with E-state index in [1.165, 1.54) is 5.56 Å². The van der Waals surface area contributed by atoms with E-state index >= 15 is 0 Å². The summed E-state index contributed by atoms with van der Waals surface area (Å²) in [6, 6.07) is 8.39. The van der Waals surface area contributed by atoms with E-state index in [1.54, 1.807) is 0 Å². The van der Waals surface area contributed by atoms with E-state index in [0.29, 0.717) is 11.6 Å². The molecule has 2 N–H and O–H groups in total. The molecule has 2 unspecified atom stereocenters. The molecule has 4 heteroatoms. The number of aryl methyl sites for hydroxylation is 2. The van der Waals surface area contributed by atoms with Gasteiger partial charge in [0.05, 0.1) is 6.07 Å². The molecule has 1 saturated carbocycles. The number of H-pyrrole nitrogens is 1. The third kappa shape index (κ3) is 2.96. The van der Waals surface area contributed by atoms with Gasteiger partial charge >= 0.3 is 0 Å². The van der Waals surface area contributed by atoms with E-state index in [4.69, 9.17) is 0 Å². The van der Waals surface area contributed by atoms with Gasteiger partial charge in [0.1, 0.15) is 11.2 Å². The quantitative estimate of drug-likeness (QED) is 0.880. The van der Waals surface area contributed by atoms with Gasteiger partial charge in [-0.05, 0) is 62.3 Å². The lowest BCUT2D eigenvalue weighted by molar-refractivity contribution is 0.0886. The molecule has 0 saturated heterocycles. The van der Waals surface area contributed by atoms with Gasteiger partial charge in [0.15, 0.2) is 0 Å². The number of nitriles is 1. The van der Waals surface area contributed by atoms with Crippen LogP contribution < -0.4 is 5.32 Å². The third-order valence-corrected chi connectivity index (χ3v) is 4.90. The number of hydrogen-bond donors (Lipinski definition) is 2. The van der Waals surface area contributed by atoms with Gasteiger partial charge in [-0.1, -0.05) is 19.4 Å². The van der Waals surface area contributed by atoms with Crippen molar-refractivity contribution in [2.24, 2.45) is 5.92 Å². The van der Waals surface area contributed by atoms with Crippen LogP contribution in [-0.4, -0.2) is 16.4 Å². The fraction of sp³-hybridized carbons (Fsp3) is 0.474. The lowest BCUT2D eigenvalue weighted by Crippen LogP contribution is -2.50. The summed E-state index contributed by atoms with van der Waals surface area (Å²) in [5, 5.41) is 13.7. The largest absolute Gasteiger partial charge is 0.351 e. The molecule has 0 bridgehead atoms. The molecule has 2 aromatic rings. The molecule has 1 heterocycles. The number of nitrogens with zero attached hydrogens (tertiary/aromatic N) is 1. The van der Waals surface area contributed by atoms with Crippen molar-refractivity contribution in [1.29, 1.82) is 5.26 Å². The van der Waals surface area contributed by atoms with Crippen LogP contribution >= 0.6 is 0 Å². The molecule has 0 spiro atoms. The van der Waals surface area contributed by atoms with Gasteiger partial charge in [0.25, 0.3) is 5.91 Å². The maximum atomic E-state index is 12.7. The lowest BCUT2D eigenvalue weighted by Gasteiger charge is -2.34. The molecule has 120 valence electrons. The molecule has 3 rings (SSSR count). The van der Waals surface area contributed by atoms with E-state index in [9.17, 15) is 10.1 Å². The SMILES string of the molecule is Cc1cc(C)c2cc(C(=O)NC3(C#N)CCCC(C)C3)[nH]c2c1. The maximum Gasteiger partial charge on any atom is 0.268 e. The average molecular weight is 309 g/mol. The Morgan fingerprint density at radius 3 is 2.87 bits per heavy atom. The zero-order valence-electron chi connectivity index (χ0n) is 14.0. The predicted molar refractivity (Wildman–Crippen MR) is 91.2 cm³/mol. The number of amides is 1. The highest BCUT2D eigenvalue weighted by Gasteiger charge is 2.36. The first-order chi connectivity index (χ1) is 10.9. The van der Waals surface area contributed by atoms with Crippen LogP contribution in [-0.2, 0) is 0 Å². The minimum Gasteiger partial charge on any atom is -0.351 e. The highest BCUT2D eigenvalue weighted by Crippen LogP contribution is 2.32. The van der Waals surface area contributed by atoms with Crippen LogP contribution in [0.1, 0.15) is 54.2 Å². The minimum atomic E-state index is -0.725. The van der Waals surface area contributed by atoms with E-state index in [1.807, 2.05) is 26.0 Å². The van der Waals surface area contributed by atoms with Crippen molar-refractivity contribution in [2.75, 3.05) is 0 Å². The Morgan fingerprint density at radius 2 is 2.17 bits per heavy atom. The predicted octanol–water partition coefficient (Wildman–Crippen LogP) is 3.99. The second kappa shape index (κ2) is 5.73. The van der Waals surface area contributed by atoms with Crippen molar-refractivity contribution in [2.45, 2.75) is 52.0 Å². The van der Waals surface area contributed by atoms with Gasteiger partial charge in [-0.15, -0.1) is 0 Å². The number of aromatic nitrogens is 1. The number of aromatic amines is 1. The molecule has 0 aliphatic heterocycles. The zero-order chi connectivity index (χ0) is 16.6. The summed E-state index contributed by atoms with van der Waals surface area (Å²) in [7, 11) is 0. The zero-order valence-corrected chi connectivity index (χ0v) is 14.0. The monoisotopic (exact) mass is 309 g/mol. The molecule has 1 amide bonds. The Labute approximate surface area is 136 Å². The van der Waals surface area contributed by atoms with Crippen molar-refractivity contribution in [3.8, 4) is 6.07 Å². The van der Waals surface area contributed by atoms with Gasteiger partial charge in [-0.2, -0.15) is 5.26 Å². The molecule has 1 aromatic carbocycles. The fourth-order valence-corrected chi connectivity index (χ4v) is 3.80. The minimum absolute atomic E-state index is 0.186. The Morgan fingerprint density at radius 1 is 1.39 bits per heavy atom. The molecule has 1 fully saturated rings. The van der Waals surface area contributed by atoms with Gasteiger partial charge in [-0.3, -0.25) is 4.79 Å². The average Bonchev–Trinajstić information content (AvgIpc) is 2.91. The third-order valence-electron chi connectivity index (χ3n) is 4.90. The molecule has 1 aliphatic carbocycles. The number of carbonyl (C=O) groups excluding carboxylic acids is 1. The first-order valence-corrected chi connectivity index (χ1v) is 8.26. The standard InChI is InChI=1S/C19H23N3O/c1-12-5-4-6-19(10-12,11-20)22-18(23)17-9-15-14(3)7-13(2)8-16(15)21-17/h7-9,12,21H,4-6,10H2,1-3H3,(H,22,23). The van der Waals surface area contributed by atoms with Gasteiger partial charge in [-0.25, -0.2) is 0 Å². The van der Waals surface area contributed by atoms with Crippen LogP contribution in [0, 0.1) is 31.1 Å². The molecule has 23 heavy (non-hydrogen) atoms. The molecule has 4 nitrogen and oxygen atoms in total. The summed E-state index contributed by atoms with van der Waals surface area (Å²) in [6.45, 7) is 6.23. The highest BCUT2D eigenvalue weighted by atomic mass is 16.2. The second-order valence-corrected chi connectivity index (χ2v) is 7.08. The van der Waals surface area contributed by atoms with Crippen molar-refractivity contribution in [3.63, 3.8) is 0 Å².